The summed E-state index contributed by atoms with van der Waals surface area (Å²) >= 11 is 2.07. The van der Waals surface area contributed by atoms with E-state index in [1.807, 2.05) is 0 Å². The van der Waals surface area contributed by atoms with E-state index in [9.17, 15) is 0 Å². The van der Waals surface area contributed by atoms with Gasteiger partial charge in [-0.25, -0.2) is 0 Å². The van der Waals surface area contributed by atoms with Gasteiger partial charge in [0.2, 0.25) is 0 Å². The number of hydrogen-bond donors (Lipinski definition) is 1. The van der Waals surface area contributed by atoms with Crippen molar-refractivity contribution in [2.75, 3.05) is 25.4 Å². The highest BCUT2D eigenvalue weighted by Gasteiger charge is 2.26. The molecule has 1 aromatic carbocycles. The van der Waals surface area contributed by atoms with Gasteiger partial charge in [0.15, 0.2) is 0 Å². The third kappa shape index (κ3) is 4.86. The van der Waals surface area contributed by atoms with Gasteiger partial charge in [-0.05, 0) is 31.5 Å². The van der Waals surface area contributed by atoms with Crippen LogP contribution in [0, 0.1) is 11.8 Å². The van der Waals surface area contributed by atoms with E-state index in [2.05, 4.69) is 66.6 Å². The summed E-state index contributed by atoms with van der Waals surface area (Å²) in [5.74, 6) is 7.23. The van der Waals surface area contributed by atoms with E-state index >= 15 is 0 Å². The van der Waals surface area contributed by atoms with Crippen molar-refractivity contribution in [2.45, 2.75) is 31.6 Å². The van der Waals surface area contributed by atoms with Crippen LogP contribution in [0.4, 0.5) is 0 Å². The Morgan fingerprint density at radius 1 is 1.30 bits per heavy atom. The molecule has 1 heterocycles. The molecule has 2 rings (SSSR count). The molecule has 2 nitrogen and oxygen atoms in total. The zero-order valence-electron chi connectivity index (χ0n) is 12.4. The van der Waals surface area contributed by atoms with Crippen molar-refractivity contribution in [2.24, 2.45) is 0 Å². The fraction of sp³-hybridized carbons (Fsp3) is 0.529. The van der Waals surface area contributed by atoms with Gasteiger partial charge in [-0.15, -0.1) is 0 Å². The molecule has 1 aromatic rings. The lowest BCUT2D eigenvalue weighted by atomic mass is 10.1. The molecule has 3 heteroatoms. The van der Waals surface area contributed by atoms with Gasteiger partial charge in [-0.3, -0.25) is 4.90 Å². The maximum Gasteiger partial charge on any atom is 0.0540 e. The highest BCUT2D eigenvalue weighted by atomic mass is 32.2. The Morgan fingerprint density at radius 2 is 2.05 bits per heavy atom. The van der Waals surface area contributed by atoms with Gasteiger partial charge < -0.3 is 5.11 Å². The zero-order chi connectivity index (χ0) is 14.4. The van der Waals surface area contributed by atoms with E-state index in [-0.39, 0.29) is 6.61 Å². The molecule has 1 saturated heterocycles. The van der Waals surface area contributed by atoms with Crippen molar-refractivity contribution in [1.82, 2.24) is 4.90 Å². The summed E-state index contributed by atoms with van der Waals surface area (Å²) in [6.45, 7) is 8.12. The molecule has 1 aliphatic rings. The van der Waals surface area contributed by atoms with Crippen LogP contribution in [0.25, 0.3) is 0 Å². The molecule has 108 valence electrons. The van der Waals surface area contributed by atoms with Crippen LogP contribution in [0.3, 0.4) is 0 Å². The fourth-order valence-electron chi connectivity index (χ4n) is 2.42. The van der Waals surface area contributed by atoms with Crippen molar-refractivity contribution in [3.05, 3.63) is 35.4 Å². The average Bonchev–Trinajstić information content (AvgIpc) is 2.40. The Balaban J connectivity index is 1.92. The number of hydrogen-bond acceptors (Lipinski definition) is 3. The first kappa shape index (κ1) is 15.4. The number of aliphatic hydroxyl groups excluding tert-OH is 1. The predicted molar refractivity (Wildman–Crippen MR) is 86.8 cm³/mol. The Kier molecular flexibility index (Phi) is 5.54. The maximum absolute atomic E-state index is 8.70. The molecule has 20 heavy (non-hydrogen) atoms. The summed E-state index contributed by atoms with van der Waals surface area (Å²) in [6.07, 6.45) is 0.544. The minimum atomic E-state index is 0.133. The van der Waals surface area contributed by atoms with Crippen LogP contribution in [0.1, 0.15) is 31.4 Å². The lowest BCUT2D eigenvalue weighted by Crippen LogP contribution is -2.42. The van der Waals surface area contributed by atoms with Crippen LogP contribution >= 0.6 is 11.8 Å². The third-order valence-electron chi connectivity index (χ3n) is 3.33. The maximum atomic E-state index is 8.70. The lowest BCUT2D eigenvalue weighted by molar-refractivity contribution is 0.252. The van der Waals surface area contributed by atoms with Gasteiger partial charge >= 0.3 is 0 Å². The number of rotatable bonds is 3. The van der Waals surface area contributed by atoms with Gasteiger partial charge in [0.05, 0.1) is 6.61 Å². The van der Waals surface area contributed by atoms with E-state index in [4.69, 9.17) is 5.11 Å². The first-order valence-electron chi connectivity index (χ1n) is 7.14. The van der Waals surface area contributed by atoms with Crippen LogP contribution in [-0.4, -0.2) is 40.2 Å². The molecule has 0 atom stereocenters. The van der Waals surface area contributed by atoms with Crippen molar-refractivity contribution in [3.63, 3.8) is 0 Å². The van der Waals surface area contributed by atoms with Gasteiger partial charge in [-0.2, -0.15) is 11.8 Å². The summed E-state index contributed by atoms with van der Waals surface area (Å²) < 4.78 is 0.369. The number of aliphatic hydroxyl groups is 1. The second-order valence-corrected chi connectivity index (χ2v) is 7.59. The van der Waals surface area contributed by atoms with Gasteiger partial charge in [0, 0.05) is 42.1 Å². The Hall–Kier alpha value is -0.950. The molecule has 0 aromatic heterocycles. The molecule has 0 aliphatic carbocycles. The van der Waals surface area contributed by atoms with Crippen molar-refractivity contribution < 1.29 is 5.11 Å². The van der Waals surface area contributed by atoms with Gasteiger partial charge in [-0.1, -0.05) is 24.0 Å². The van der Waals surface area contributed by atoms with Crippen LogP contribution in [0.15, 0.2) is 24.3 Å². The predicted octanol–water partition coefficient (Wildman–Crippen LogP) is 2.75. The quantitative estimate of drug-likeness (QED) is 0.866. The van der Waals surface area contributed by atoms with E-state index in [0.717, 1.165) is 18.7 Å². The van der Waals surface area contributed by atoms with E-state index in [1.54, 1.807) is 0 Å². The molecule has 1 aliphatic heterocycles. The first-order chi connectivity index (χ1) is 9.59. The largest absolute Gasteiger partial charge is 0.395 e. The second-order valence-electron chi connectivity index (χ2n) is 5.79. The van der Waals surface area contributed by atoms with Crippen LogP contribution in [-0.2, 0) is 6.54 Å². The molecule has 1 N–H and O–H groups in total. The van der Waals surface area contributed by atoms with Crippen molar-refractivity contribution in [3.8, 4) is 11.8 Å². The summed E-state index contributed by atoms with van der Waals surface area (Å²) in [7, 11) is 0. The molecule has 0 unspecified atom stereocenters. The third-order valence-corrected chi connectivity index (χ3v) is 4.63. The first-order valence-corrected chi connectivity index (χ1v) is 8.13. The molecule has 0 saturated carbocycles. The standard InChI is InChI=1S/C17H23NOS/c1-17(2)14-18(10-12-20-17)13-16-8-6-15(7-9-16)5-3-4-11-19/h6-9,19H,4,10-14H2,1-2H3. The molecular weight excluding hydrogens is 266 g/mol. The molecule has 0 radical (unpaired) electrons. The number of thioether (sulfide) groups is 1. The van der Waals surface area contributed by atoms with E-state index < -0.39 is 0 Å². The topological polar surface area (TPSA) is 23.5 Å². The van der Waals surface area contributed by atoms with Crippen molar-refractivity contribution in [1.29, 1.82) is 0 Å². The summed E-state index contributed by atoms with van der Waals surface area (Å²) in [5.41, 5.74) is 2.37. The Morgan fingerprint density at radius 3 is 2.70 bits per heavy atom. The SMILES string of the molecule is CC1(C)CN(Cc2ccc(C#CCCO)cc2)CCS1. The van der Waals surface area contributed by atoms with E-state index in [1.165, 1.54) is 17.9 Å². The average molecular weight is 289 g/mol. The fourth-order valence-corrected chi connectivity index (χ4v) is 3.60. The van der Waals surface area contributed by atoms with Crippen LogP contribution < -0.4 is 0 Å². The molecule has 0 spiro atoms. The van der Waals surface area contributed by atoms with Gasteiger partial charge in [0.25, 0.3) is 0 Å². The lowest BCUT2D eigenvalue weighted by Gasteiger charge is -2.37. The smallest absolute Gasteiger partial charge is 0.0540 e. The highest BCUT2D eigenvalue weighted by Crippen LogP contribution is 2.30. The zero-order valence-corrected chi connectivity index (χ0v) is 13.2. The van der Waals surface area contributed by atoms with Crippen molar-refractivity contribution >= 4 is 11.8 Å². The van der Waals surface area contributed by atoms with Crippen LogP contribution in [0.5, 0.6) is 0 Å². The summed E-state index contributed by atoms with van der Waals surface area (Å²) in [5, 5.41) is 8.70. The minimum absolute atomic E-state index is 0.133. The van der Waals surface area contributed by atoms with Crippen LogP contribution in [0.2, 0.25) is 0 Å². The minimum Gasteiger partial charge on any atom is -0.395 e. The highest BCUT2D eigenvalue weighted by molar-refractivity contribution is 8.00. The Bertz CT molecular complexity index is 484. The number of nitrogens with zero attached hydrogens (tertiary/aromatic N) is 1. The van der Waals surface area contributed by atoms with E-state index in [0.29, 0.717) is 11.2 Å². The van der Waals surface area contributed by atoms with Gasteiger partial charge in [0.1, 0.15) is 0 Å². The molecular formula is C17H23NOS. The summed E-state index contributed by atoms with van der Waals surface area (Å²) in [4.78, 5) is 2.53. The Labute approximate surface area is 126 Å². The molecule has 0 bridgehead atoms. The molecule has 0 amide bonds. The summed E-state index contributed by atoms with van der Waals surface area (Å²) in [6, 6.07) is 8.47. The normalized spacial score (nSPS) is 18.4. The number of benzene rings is 1. The monoisotopic (exact) mass is 289 g/mol. The molecule has 1 fully saturated rings. The second kappa shape index (κ2) is 7.17.